The van der Waals surface area contributed by atoms with Crippen LogP contribution >= 0.6 is 0 Å². The minimum atomic E-state index is -1.15. The van der Waals surface area contributed by atoms with Gasteiger partial charge in [0.15, 0.2) is 0 Å². The van der Waals surface area contributed by atoms with Gasteiger partial charge in [0, 0.05) is 0 Å². The summed E-state index contributed by atoms with van der Waals surface area (Å²) in [5.74, 6) is -0.459. The number of benzene rings is 1. The molecule has 7 nitrogen and oxygen atoms in total. The molecule has 2 N–H and O–H groups in total. The first-order valence-corrected chi connectivity index (χ1v) is 6.52. The second kappa shape index (κ2) is 6.45. The van der Waals surface area contributed by atoms with E-state index in [0.29, 0.717) is 5.75 Å². The molecule has 1 amide bonds. The van der Waals surface area contributed by atoms with E-state index in [1.165, 1.54) is 0 Å². The summed E-state index contributed by atoms with van der Waals surface area (Å²) in [6.07, 6.45) is -1.50. The van der Waals surface area contributed by atoms with Gasteiger partial charge in [-0.25, -0.2) is 9.59 Å². The summed E-state index contributed by atoms with van der Waals surface area (Å²) >= 11 is 0. The minimum absolute atomic E-state index is 0.00160. The molecular weight excluding hydrogens is 278 g/mol. The average molecular weight is 295 g/mol. The topological polar surface area (TPSA) is 96.3 Å². The van der Waals surface area contributed by atoms with Crippen LogP contribution in [0.15, 0.2) is 24.3 Å². The van der Waals surface area contributed by atoms with Gasteiger partial charge in [-0.3, -0.25) is 4.90 Å². The molecule has 0 radical (unpaired) electrons. The maximum Gasteiger partial charge on any atom is 0.412 e. The molecule has 21 heavy (non-hydrogen) atoms. The maximum absolute atomic E-state index is 11.9. The average Bonchev–Trinajstić information content (AvgIpc) is 2.87. The molecule has 2 unspecified atom stereocenters. The van der Waals surface area contributed by atoms with E-state index in [4.69, 9.17) is 14.6 Å². The summed E-state index contributed by atoms with van der Waals surface area (Å²) in [4.78, 5) is 23.8. The molecule has 114 valence electrons. The Morgan fingerprint density at radius 3 is 2.52 bits per heavy atom. The maximum atomic E-state index is 11.9. The second-order valence-electron chi connectivity index (χ2n) is 4.72. The van der Waals surface area contributed by atoms with Gasteiger partial charge in [-0.1, -0.05) is 12.1 Å². The number of carbonyl (C=O) groups excluding carboxylic acids is 1. The highest BCUT2D eigenvalue weighted by molar-refractivity contribution is 5.80. The third-order valence-electron chi connectivity index (χ3n) is 3.37. The fraction of sp³-hybridized carbons (Fsp3) is 0.429. The van der Waals surface area contributed by atoms with Crippen LogP contribution in [0.3, 0.4) is 0 Å². The molecule has 1 aromatic carbocycles. The molecule has 1 fully saturated rings. The normalized spacial score (nSPS) is 21.1. The first-order valence-electron chi connectivity index (χ1n) is 6.52. The van der Waals surface area contributed by atoms with E-state index in [2.05, 4.69) is 0 Å². The molecule has 1 saturated heterocycles. The minimum Gasteiger partial charge on any atom is -0.497 e. The molecule has 0 saturated carbocycles. The number of nitrogens with zero attached hydrogens (tertiary/aromatic N) is 1. The lowest BCUT2D eigenvalue weighted by Gasteiger charge is -2.24. The van der Waals surface area contributed by atoms with Crippen molar-refractivity contribution in [2.24, 2.45) is 0 Å². The number of hydrogen-bond acceptors (Lipinski definition) is 5. The zero-order valence-electron chi connectivity index (χ0n) is 11.6. The summed E-state index contributed by atoms with van der Waals surface area (Å²) in [7, 11) is 1.55. The van der Waals surface area contributed by atoms with E-state index in [1.807, 2.05) is 0 Å². The number of amides is 1. The number of carboxylic acid groups (broad SMARTS) is 1. The summed E-state index contributed by atoms with van der Waals surface area (Å²) < 4.78 is 10.1. The van der Waals surface area contributed by atoms with Gasteiger partial charge in [0.2, 0.25) is 0 Å². The number of methoxy groups -OCH3 is 1. The van der Waals surface area contributed by atoms with Gasteiger partial charge in [-0.2, -0.15) is 0 Å². The van der Waals surface area contributed by atoms with Crippen LogP contribution in [0.5, 0.6) is 5.75 Å². The lowest BCUT2D eigenvalue weighted by atomic mass is 10.2. The highest BCUT2D eigenvalue weighted by atomic mass is 16.6. The monoisotopic (exact) mass is 295 g/mol. The van der Waals surface area contributed by atoms with Crippen molar-refractivity contribution in [3.05, 3.63) is 29.8 Å². The third-order valence-corrected chi connectivity index (χ3v) is 3.37. The fourth-order valence-electron chi connectivity index (χ4n) is 2.23. The summed E-state index contributed by atoms with van der Waals surface area (Å²) in [5, 5.41) is 18.7. The standard InChI is InChI=1S/C14H17NO6/c1-20-10-4-2-9(3-5-10)8-21-14(19)15-11(13(17)18)6-7-12(15)16/h2-5,11-12,16H,6-8H2,1H3,(H,17,18). The lowest BCUT2D eigenvalue weighted by Crippen LogP contribution is -2.45. The van der Waals surface area contributed by atoms with Crippen LogP contribution in [-0.4, -0.2) is 46.6 Å². The second-order valence-corrected chi connectivity index (χ2v) is 4.72. The van der Waals surface area contributed by atoms with Crippen LogP contribution < -0.4 is 4.74 Å². The van der Waals surface area contributed by atoms with Crippen LogP contribution in [0, 0.1) is 0 Å². The molecule has 1 aromatic rings. The van der Waals surface area contributed by atoms with Crippen LogP contribution in [0.2, 0.25) is 0 Å². The van der Waals surface area contributed by atoms with Crippen LogP contribution in [-0.2, 0) is 16.1 Å². The van der Waals surface area contributed by atoms with Crippen molar-refractivity contribution >= 4 is 12.1 Å². The Hall–Kier alpha value is -2.28. The number of ether oxygens (including phenoxy) is 2. The van der Waals surface area contributed by atoms with Gasteiger partial charge >= 0.3 is 12.1 Å². The third kappa shape index (κ3) is 3.43. The Kier molecular flexibility index (Phi) is 4.64. The van der Waals surface area contributed by atoms with Gasteiger partial charge in [0.1, 0.15) is 24.6 Å². The number of aliphatic hydroxyl groups is 1. The number of likely N-dealkylation sites (tertiary alicyclic amines) is 1. The van der Waals surface area contributed by atoms with Gasteiger partial charge in [-0.15, -0.1) is 0 Å². The van der Waals surface area contributed by atoms with Crippen LogP contribution in [0.1, 0.15) is 18.4 Å². The molecule has 0 bridgehead atoms. The highest BCUT2D eigenvalue weighted by Gasteiger charge is 2.41. The number of carboxylic acids is 1. The molecule has 1 aliphatic heterocycles. The zero-order valence-corrected chi connectivity index (χ0v) is 11.6. The molecule has 0 spiro atoms. The van der Waals surface area contributed by atoms with Crippen molar-refractivity contribution in [3.8, 4) is 5.75 Å². The Morgan fingerprint density at radius 2 is 1.95 bits per heavy atom. The van der Waals surface area contributed by atoms with E-state index in [1.54, 1.807) is 31.4 Å². The molecule has 2 rings (SSSR count). The smallest absolute Gasteiger partial charge is 0.412 e. The summed E-state index contributed by atoms with van der Waals surface area (Å²) in [6.45, 7) is -0.00160. The van der Waals surface area contributed by atoms with E-state index < -0.39 is 24.3 Å². The van der Waals surface area contributed by atoms with E-state index >= 15 is 0 Å². The van der Waals surface area contributed by atoms with Gasteiger partial charge in [0.25, 0.3) is 0 Å². The summed E-state index contributed by atoms with van der Waals surface area (Å²) in [6, 6.07) is 5.90. The predicted octanol–water partition coefficient (Wildman–Crippen LogP) is 1.20. The quantitative estimate of drug-likeness (QED) is 0.866. The zero-order chi connectivity index (χ0) is 15.4. The first-order chi connectivity index (χ1) is 10.0. The fourth-order valence-corrected chi connectivity index (χ4v) is 2.23. The molecule has 0 aromatic heterocycles. The molecule has 2 atom stereocenters. The number of hydrogen-bond donors (Lipinski definition) is 2. The largest absolute Gasteiger partial charge is 0.497 e. The number of carbonyl (C=O) groups is 2. The van der Waals surface area contributed by atoms with Crippen molar-refractivity contribution in [1.29, 1.82) is 0 Å². The predicted molar refractivity (Wildman–Crippen MR) is 71.7 cm³/mol. The summed E-state index contributed by atoms with van der Waals surface area (Å²) in [5.41, 5.74) is 0.740. The van der Waals surface area contributed by atoms with Crippen LogP contribution in [0.4, 0.5) is 4.79 Å². The Balaban J connectivity index is 1.95. The van der Waals surface area contributed by atoms with Crippen LogP contribution in [0.25, 0.3) is 0 Å². The van der Waals surface area contributed by atoms with Crippen molar-refractivity contribution in [2.45, 2.75) is 31.7 Å². The SMILES string of the molecule is COc1ccc(COC(=O)N2C(O)CCC2C(=O)O)cc1. The van der Waals surface area contributed by atoms with Crippen molar-refractivity contribution < 1.29 is 29.3 Å². The first kappa shape index (κ1) is 15.1. The number of rotatable bonds is 4. The molecule has 0 aliphatic carbocycles. The lowest BCUT2D eigenvalue weighted by molar-refractivity contribution is -0.143. The van der Waals surface area contributed by atoms with E-state index in [9.17, 15) is 14.7 Å². The molecule has 1 heterocycles. The van der Waals surface area contributed by atoms with Gasteiger partial charge < -0.3 is 19.7 Å². The molecular formula is C14H17NO6. The Bertz CT molecular complexity index is 515. The Labute approximate surface area is 121 Å². The molecule has 7 heteroatoms. The van der Waals surface area contributed by atoms with Gasteiger partial charge in [0.05, 0.1) is 7.11 Å². The van der Waals surface area contributed by atoms with Crippen molar-refractivity contribution in [3.63, 3.8) is 0 Å². The van der Waals surface area contributed by atoms with Crippen molar-refractivity contribution in [2.75, 3.05) is 7.11 Å². The van der Waals surface area contributed by atoms with Gasteiger partial charge in [-0.05, 0) is 30.5 Å². The highest BCUT2D eigenvalue weighted by Crippen LogP contribution is 2.24. The van der Waals surface area contributed by atoms with Crippen molar-refractivity contribution in [1.82, 2.24) is 4.90 Å². The Morgan fingerprint density at radius 1 is 1.29 bits per heavy atom. The van der Waals surface area contributed by atoms with E-state index in [-0.39, 0.29) is 19.4 Å². The molecule has 1 aliphatic rings. The number of aliphatic carboxylic acids is 1. The van der Waals surface area contributed by atoms with E-state index in [0.717, 1.165) is 10.5 Å². The number of aliphatic hydroxyl groups excluding tert-OH is 1.